The molecule has 0 atom stereocenters. The molecule has 0 bridgehead atoms. The molecule has 0 radical (unpaired) electrons. The summed E-state index contributed by atoms with van der Waals surface area (Å²) in [6, 6.07) is 6.44. The zero-order valence-electron chi connectivity index (χ0n) is 9.84. The molecule has 1 aliphatic rings. The smallest absolute Gasteiger partial charge is 0.207 e. The second kappa shape index (κ2) is 5.31. The fourth-order valence-electron chi connectivity index (χ4n) is 1.73. The molecule has 3 nitrogen and oxygen atoms in total. The monoisotopic (exact) mass is 283 g/mol. The average Bonchev–Trinajstić information content (AvgIpc) is 3.13. The van der Waals surface area contributed by atoms with Gasteiger partial charge in [0.15, 0.2) is 0 Å². The third kappa shape index (κ3) is 2.86. The Balaban J connectivity index is 2.32. The molecule has 2 rings (SSSR count). The molecule has 1 saturated carbocycles. The molecule has 1 fully saturated rings. The summed E-state index contributed by atoms with van der Waals surface area (Å²) < 4.78 is 26.2. The zero-order chi connectivity index (χ0) is 13.2. The Morgan fingerprint density at radius 3 is 2.61 bits per heavy atom. The van der Waals surface area contributed by atoms with Gasteiger partial charge in [-0.3, -0.25) is 0 Å². The summed E-state index contributed by atoms with van der Waals surface area (Å²) in [5, 5.41) is 0.232. The molecular formula is C13H14ClNO2S. The lowest BCUT2D eigenvalue weighted by atomic mass is 10.4. The minimum absolute atomic E-state index is 0.0874. The lowest BCUT2D eigenvalue weighted by molar-refractivity contribution is 0.430. The highest BCUT2D eigenvalue weighted by molar-refractivity contribution is 7.89. The minimum atomic E-state index is -3.59. The normalized spacial score (nSPS) is 15.6. The maximum absolute atomic E-state index is 12.5. The number of benzene rings is 1. The molecule has 0 unspecified atom stereocenters. The van der Waals surface area contributed by atoms with Crippen molar-refractivity contribution in [3.63, 3.8) is 0 Å². The number of hydrogen-bond donors (Lipinski definition) is 0. The molecular weight excluding hydrogens is 270 g/mol. The highest BCUT2D eigenvalue weighted by Crippen LogP contribution is 2.32. The van der Waals surface area contributed by atoms with Crippen molar-refractivity contribution >= 4 is 21.6 Å². The summed E-state index contributed by atoms with van der Waals surface area (Å²) in [7, 11) is -3.59. The number of terminal acetylenes is 1. The summed E-state index contributed by atoms with van der Waals surface area (Å²) in [5.41, 5.74) is 0. The quantitative estimate of drug-likeness (QED) is 0.778. The first-order valence-corrected chi connectivity index (χ1v) is 7.55. The Bertz CT molecular complexity index is 573. The molecule has 0 heterocycles. The van der Waals surface area contributed by atoms with Crippen LogP contribution in [0.1, 0.15) is 12.8 Å². The van der Waals surface area contributed by atoms with Crippen LogP contribution in [0.3, 0.4) is 0 Å². The lowest BCUT2D eigenvalue weighted by Crippen LogP contribution is -2.33. The van der Waals surface area contributed by atoms with Gasteiger partial charge in [-0.1, -0.05) is 29.7 Å². The maximum atomic E-state index is 12.5. The largest absolute Gasteiger partial charge is 0.245 e. The van der Waals surface area contributed by atoms with Gasteiger partial charge >= 0.3 is 0 Å². The van der Waals surface area contributed by atoms with Gasteiger partial charge in [0.25, 0.3) is 0 Å². The zero-order valence-corrected chi connectivity index (χ0v) is 11.4. The third-order valence-corrected chi connectivity index (χ3v) is 5.19. The van der Waals surface area contributed by atoms with Crippen molar-refractivity contribution in [2.45, 2.75) is 17.7 Å². The van der Waals surface area contributed by atoms with Crippen molar-refractivity contribution in [1.82, 2.24) is 4.31 Å². The van der Waals surface area contributed by atoms with Gasteiger partial charge in [0.05, 0.1) is 11.6 Å². The maximum Gasteiger partial charge on any atom is 0.245 e. The van der Waals surface area contributed by atoms with Crippen molar-refractivity contribution in [3.8, 4) is 12.3 Å². The van der Waals surface area contributed by atoms with Crippen LogP contribution in [-0.2, 0) is 10.0 Å². The predicted octanol–water partition coefficient (Wildman–Crippen LogP) is 2.37. The topological polar surface area (TPSA) is 37.4 Å². The predicted molar refractivity (Wildman–Crippen MR) is 71.8 cm³/mol. The van der Waals surface area contributed by atoms with E-state index in [2.05, 4.69) is 5.92 Å². The average molecular weight is 284 g/mol. The molecule has 0 N–H and O–H groups in total. The summed E-state index contributed by atoms with van der Waals surface area (Å²) in [6.07, 6.45) is 7.39. The first-order valence-electron chi connectivity index (χ1n) is 5.74. The molecule has 5 heteroatoms. The highest BCUT2D eigenvalue weighted by atomic mass is 35.5. The summed E-state index contributed by atoms with van der Waals surface area (Å²) in [6.45, 7) is 0.571. The van der Waals surface area contributed by atoms with E-state index in [0.717, 1.165) is 12.8 Å². The first-order chi connectivity index (χ1) is 8.55. The van der Waals surface area contributed by atoms with E-state index in [1.807, 2.05) is 0 Å². The molecule has 0 aliphatic heterocycles. The fourth-order valence-corrected chi connectivity index (χ4v) is 3.65. The van der Waals surface area contributed by atoms with Crippen molar-refractivity contribution in [2.24, 2.45) is 5.92 Å². The van der Waals surface area contributed by atoms with Crippen LogP contribution in [0.2, 0.25) is 5.02 Å². The van der Waals surface area contributed by atoms with Crippen molar-refractivity contribution < 1.29 is 8.42 Å². The van der Waals surface area contributed by atoms with Gasteiger partial charge in [0.1, 0.15) is 4.90 Å². The fraction of sp³-hybridized carbons (Fsp3) is 0.385. The summed E-state index contributed by atoms with van der Waals surface area (Å²) in [4.78, 5) is 0.127. The first kappa shape index (κ1) is 13.4. The van der Waals surface area contributed by atoms with Gasteiger partial charge in [-0.2, -0.15) is 4.31 Å². The number of rotatable bonds is 5. The van der Waals surface area contributed by atoms with Crippen LogP contribution in [0.5, 0.6) is 0 Å². The highest BCUT2D eigenvalue weighted by Gasteiger charge is 2.32. The number of halogens is 1. The van der Waals surface area contributed by atoms with E-state index < -0.39 is 10.0 Å². The van der Waals surface area contributed by atoms with Crippen molar-refractivity contribution in [2.75, 3.05) is 13.1 Å². The molecule has 0 saturated heterocycles. The Hall–Kier alpha value is -1.02. The molecule has 18 heavy (non-hydrogen) atoms. The molecule has 1 aromatic carbocycles. The molecule has 0 amide bonds. The van der Waals surface area contributed by atoms with Gasteiger partial charge in [-0.15, -0.1) is 6.42 Å². The van der Waals surface area contributed by atoms with E-state index in [0.29, 0.717) is 12.5 Å². The van der Waals surface area contributed by atoms with E-state index >= 15 is 0 Å². The van der Waals surface area contributed by atoms with Crippen molar-refractivity contribution in [1.29, 1.82) is 0 Å². The minimum Gasteiger partial charge on any atom is -0.207 e. The van der Waals surface area contributed by atoms with Crippen LogP contribution in [0.25, 0.3) is 0 Å². The van der Waals surface area contributed by atoms with Crippen LogP contribution in [0, 0.1) is 18.3 Å². The molecule has 1 aromatic rings. The van der Waals surface area contributed by atoms with Crippen LogP contribution in [0.4, 0.5) is 0 Å². The Kier molecular flexibility index (Phi) is 3.96. The van der Waals surface area contributed by atoms with E-state index in [4.69, 9.17) is 18.0 Å². The second-order valence-corrected chi connectivity index (χ2v) is 6.69. The van der Waals surface area contributed by atoms with E-state index in [1.165, 1.54) is 10.4 Å². The SMILES string of the molecule is C#CCN(CC1CC1)S(=O)(=O)c1ccccc1Cl. The molecule has 96 valence electrons. The number of nitrogens with zero attached hydrogens (tertiary/aromatic N) is 1. The Morgan fingerprint density at radius 1 is 1.39 bits per heavy atom. The van der Waals surface area contributed by atoms with Gasteiger partial charge in [-0.05, 0) is 30.9 Å². The Morgan fingerprint density at radius 2 is 2.06 bits per heavy atom. The molecule has 1 aliphatic carbocycles. The summed E-state index contributed by atoms with van der Waals surface area (Å²) in [5.74, 6) is 2.84. The van der Waals surface area contributed by atoms with Gasteiger partial charge in [0.2, 0.25) is 10.0 Å². The van der Waals surface area contributed by atoms with Gasteiger partial charge < -0.3 is 0 Å². The summed E-state index contributed by atoms with van der Waals surface area (Å²) >= 11 is 5.95. The van der Waals surface area contributed by atoms with E-state index in [-0.39, 0.29) is 16.5 Å². The number of sulfonamides is 1. The molecule has 0 spiro atoms. The van der Waals surface area contributed by atoms with Crippen LogP contribution in [0.15, 0.2) is 29.2 Å². The van der Waals surface area contributed by atoms with Crippen LogP contribution in [-0.4, -0.2) is 25.8 Å². The van der Waals surface area contributed by atoms with E-state index in [9.17, 15) is 8.42 Å². The third-order valence-electron chi connectivity index (χ3n) is 2.88. The molecule has 0 aromatic heterocycles. The van der Waals surface area contributed by atoms with Crippen LogP contribution >= 0.6 is 11.6 Å². The standard InChI is InChI=1S/C13H14ClNO2S/c1-2-9-15(10-11-7-8-11)18(16,17)13-6-4-3-5-12(13)14/h1,3-6,11H,7-10H2. The van der Waals surface area contributed by atoms with Gasteiger partial charge in [0, 0.05) is 6.54 Å². The van der Waals surface area contributed by atoms with Crippen LogP contribution < -0.4 is 0 Å². The van der Waals surface area contributed by atoms with Gasteiger partial charge in [-0.25, -0.2) is 8.42 Å². The second-order valence-electron chi connectivity index (χ2n) is 4.38. The lowest BCUT2D eigenvalue weighted by Gasteiger charge is -2.20. The number of hydrogen-bond acceptors (Lipinski definition) is 2. The Labute approximate surface area is 113 Å². The van der Waals surface area contributed by atoms with Crippen molar-refractivity contribution in [3.05, 3.63) is 29.3 Å². The van der Waals surface area contributed by atoms with E-state index in [1.54, 1.807) is 18.2 Å².